The van der Waals surface area contributed by atoms with E-state index >= 15 is 0 Å². The molecule has 5 rings (SSSR count). The molecule has 0 aliphatic heterocycles. The van der Waals surface area contributed by atoms with Crippen LogP contribution in [0.25, 0.3) is 32.3 Å². The minimum Gasteiger partial charge on any atom is -0.355 e. The van der Waals surface area contributed by atoms with Crippen LogP contribution in [-0.2, 0) is 0 Å². The summed E-state index contributed by atoms with van der Waals surface area (Å²) in [5, 5.41) is 3.87. The van der Waals surface area contributed by atoms with Gasteiger partial charge >= 0.3 is 0 Å². The predicted octanol–water partition coefficient (Wildman–Crippen LogP) is 5.46. The molecule has 0 aliphatic rings. The zero-order valence-electron chi connectivity index (χ0n) is 21.6. The van der Waals surface area contributed by atoms with Crippen LogP contribution in [0.4, 0.5) is 11.5 Å². The number of pyridine rings is 1. The number of amides is 1. The minimum atomic E-state index is -0.304. The second kappa shape index (κ2) is 11.5. The Kier molecular flexibility index (Phi) is 7.67. The first kappa shape index (κ1) is 25.4. The number of para-hydroxylation sites is 1. The Morgan fingerprint density at radius 2 is 1.71 bits per heavy atom. The van der Waals surface area contributed by atoms with E-state index in [0.717, 1.165) is 51.9 Å². The number of thiazole rings is 1. The Labute approximate surface area is 226 Å². The van der Waals surface area contributed by atoms with E-state index in [0.29, 0.717) is 17.2 Å². The highest BCUT2D eigenvalue weighted by molar-refractivity contribution is 7.21. The third-order valence-electron chi connectivity index (χ3n) is 6.07. The van der Waals surface area contributed by atoms with E-state index < -0.39 is 0 Å². The molecule has 1 N–H and O–H groups in total. The average Bonchev–Trinajstić information content (AvgIpc) is 3.38. The van der Waals surface area contributed by atoms with Crippen molar-refractivity contribution in [3.05, 3.63) is 84.7 Å². The Bertz CT molecular complexity index is 1520. The lowest BCUT2D eigenvalue weighted by molar-refractivity contribution is 0.102. The second-order valence-electron chi connectivity index (χ2n) is 9.03. The first-order valence-corrected chi connectivity index (χ1v) is 13.3. The van der Waals surface area contributed by atoms with Crippen molar-refractivity contribution >= 4 is 39.1 Å². The third-order valence-corrected chi connectivity index (χ3v) is 7.08. The summed E-state index contributed by atoms with van der Waals surface area (Å²) < 4.78 is 0. The number of aromatic nitrogens is 4. The van der Waals surface area contributed by atoms with Crippen molar-refractivity contribution in [1.29, 1.82) is 0 Å². The maximum atomic E-state index is 13.6. The molecule has 0 spiro atoms. The summed E-state index contributed by atoms with van der Waals surface area (Å²) in [7, 11) is 4.09. The van der Waals surface area contributed by atoms with Crippen molar-refractivity contribution in [2.75, 3.05) is 43.9 Å². The van der Waals surface area contributed by atoms with E-state index in [2.05, 4.69) is 32.0 Å². The standard InChI is InChI=1S/C29H29N7OS/c1-4-36(18-17-35(2)3)25-19-24(31-26(34-25)20-11-6-5-7-12-20)27(37)32-22-14-9-8-13-21(22)28-33-23-15-10-16-30-29(23)38-28/h5-16,19H,4,17-18H2,1-3H3,(H,32,37). The van der Waals surface area contributed by atoms with Crippen LogP contribution < -0.4 is 10.2 Å². The summed E-state index contributed by atoms with van der Waals surface area (Å²) in [6.07, 6.45) is 1.76. The zero-order valence-corrected chi connectivity index (χ0v) is 22.4. The molecule has 192 valence electrons. The summed E-state index contributed by atoms with van der Waals surface area (Å²) in [4.78, 5) is 37.4. The van der Waals surface area contributed by atoms with Gasteiger partial charge in [0.15, 0.2) is 5.82 Å². The van der Waals surface area contributed by atoms with Crippen LogP contribution in [0.5, 0.6) is 0 Å². The van der Waals surface area contributed by atoms with Gasteiger partial charge < -0.3 is 15.1 Å². The molecule has 8 nitrogen and oxygen atoms in total. The van der Waals surface area contributed by atoms with E-state index in [4.69, 9.17) is 9.97 Å². The van der Waals surface area contributed by atoms with Gasteiger partial charge in [0.2, 0.25) is 0 Å². The maximum absolute atomic E-state index is 13.6. The number of nitrogens with zero attached hydrogens (tertiary/aromatic N) is 6. The fourth-order valence-corrected chi connectivity index (χ4v) is 4.98. The number of nitrogens with one attached hydrogen (secondary N) is 1. The van der Waals surface area contributed by atoms with E-state index in [-0.39, 0.29) is 5.91 Å². The van der Waals surface area contributed by atoms with Gasteiger partial charge in [-0.1, -0.05) is 53.8 Å². The van der Waals surface area contributed by atoms with Gasteiger partial charge in [0, 0.05) is 43.0 Å². The number of anilines is 2. The topological polar surface area (TPSA) is 87.1 Å². The first-order valence-electron chi connectivity index (χ1n) is 12.5. The normalized spacial score (nSPS) is 11.2. The van der Waals surface area contributed by atoms with Crippen LogP contribution in [0.1, 0.15) is 17.4 Å². The summed E-state index contributed by atoms with van der Waals surface area (Å²) in [6, 6.07) is 23.0. The molecule has 3 aromatic heterocycles. The lowest BCUT2D eigenvalue weighted by atomic mass is 10.1. The maximum Gasteiger partial charge on any atom is 0.274 e. The number of benzene rings is 2. The number of hydrogen-bond acceptors (Lipinski definition) is 8. The van der Waals surface area contributed by atoms with Crippen LogP contribution >= 0.6 is 11.3 Å². The molecular formula is C29H29N7OS. The van der Waals surface area contributed by atoms with Crippen LogP contribution in [0, 0.1) is 0 Å². The minimum absolute atomic E-state index is 0.304. The second-order valence-corrected chi connectivity index (χ2v) is 10.0. The molecular weight excluding hydrogens is 494 g/mol. The van der Waals surface area contributed by atoms with Crippen LogP contribution in [0.2, 0.25) is 0 Å². The zero-order chi connectivity index (χ0) is 26.5. The van der Waals surface area contributed by atoms with E-state index in [1.54, 1.807) is 12.3 Å². The van der Waals surface area contributed by atoms with Crippen LogP contribution in [-0.4, -0.2) is 64.5 Å². The molecule has 0 saturated heterocycles. The van der Waals surface area contributed by atoms with Gasteiger partial charge in [-0.05, 0) is 45.3 Å². The number of carbonyl (C=O) groups is 1. The molecule has 9 heteroatoms. The van der Waals surface area contributed by atoms with E-state index in [1.807, 2.05) is 80.8 Å². The summed E-state index contributed by atoms with van der Waals surface area (Å²) in [5.41, 5.74) is 3.49. The number of fused-ring (bicyclic) bond motifs is 1. The molecule has 2 aromatic carbocycles. The summed E-state index contributed by atoms with van der Waals surface area (Å²) >= 11 is 1.49. The summed E-state index contributed by atoms with van der Waals surface area (Å²) in [5.74, 6) is 0.933. The van der Waals surface area contributed by atoms with Gasteiger partial charge in [0.1, 0.15) is 26.9 Å². The first-order chi connectivity index (χ1) is 18.5. The lowest BCUT2D eigenvalue weighted by Crippen LogP contribution is -2.32. The van der Waals surface area contributed by atoms with Gasteiger partial charge in [-0.2, -0.15) is 0 Å². The molecule has 3 heterocycles. The van der Waals surface area contributed by atoms with Crippen molar-refractivity contribution in [3.63, 3.8) is 0 Å². The Hall–Kier alpha value is -4.21. The largest absolute Gasteiger partial charge is 0.355 e. The lowest BCUT2D eigenvalue weighted by Gasteiger charge is -2.24. The van der Waals surface area contributed by atoms with Gasteiger partial charge in [-0.3, -0.25) is 4.79 Å². The van der Waals surface area contributed by atoms with Crippen molar-refractivity contribution in [2.24, 2.45) is 0 Å². The fourth-order valence-electron chi connectivity index (χ4n) is 4.03. The SMILES string of the molecule is CCN(CCN(C)C)c1cc(C(=O)Nc2ccccc2-c2nc3cccnc3s2)nc(-c2ccccc2)n1. The van der Waals surface area contributed by atoms with Gasteiger partial charge in [-0.15, -0.1) is 0 Å². The molecule has 0 unspecified atom stereocenters. The molecule has 0 saturated carbocycles. The van der Waals surface area contributed by atoms with Crippen molar-refractivity contribution < 1.29 is 4.79 Å². The highest BCUT2D eigenvalue weighted by Gasteiger charge is 2.19. The highest BCUT2D eigenvalue weighted by Crippen LogP contribution is 2.34. The predicted molar refractivity (Wildman–Crippen MR) is 155 cm³/mol. The molecule has 0 aliphatic carbocycles. The van der Waals surface area contributed by atoms with Gasteiger partial charge in [0.25, 0.3) is 5.91 Å². The molecule has 0 fully saturated rings. The van der Waals surface area contributed by atoms with Crippen LogP contribution in [0.15, 0.2) is 79.0 Å². The Morgan fingerprint density at radius 3 is 2.47 bits per heavy atom. The number of carbonyl (C=O) groups excluding carboxylic acids is 1. The molecule has 0 atom stereocenters. The van der Waals surface area contributed by atoms with Crippen molar-refractivity contribution in [1.82, 2.24) is 24.8 Å². The number of rotatable bonds is 9. The molecule has 0 bridgehead atoms. The van der Waals surface area contributed by atoms with Gasteiger partial charge in [-0.25, -0.2) is 19.9 Å². The smallest absolute Gasteiger partial charge is 0.274 e. The molecule has 38 heavy (non-hydrogen) atoms. The molecule has 1 amide bonds. The van der Waals surface area contributed by atoms with Crippen LogP contribution in [0.3, 0.4) is 0 Å². The molecule has 5 aromatic rings. The average molecular weight is 524 g/mol. The van der Waals surface area contributed by atoms with E-state index in [1.165, 1.54) is 11.3 Å². The van der Waals surface area contributed by atoms with Gasteiger partial charge in [0.05, 0.1) is 5.69 Å². The van der Waals surface area contributed by atoms with Crippen molar-refractivity contribution in [2.45, 2.75) is 6.92 Å². The van der Waals surface area contributed by atoms with E-state index in [9.17, 15) is 4.79 Å². The molecule has 0 radical (unpaired) electrons. The fraction of sp³-hybridized carbons (Fsp3) is 0.207. The quantitative estimate of drug-likeness (QED) is 0.275. The third kappa shape index (κ3) is 5.69. The summed E-state index contributed by atoms with van der Waals surface area (Å²) in [6.45, 7) is 4.49. The monoisotopic (exact) mass is 523 g/mol. The Balaban J connectivity index is 1.50. The Morgan fingerprint density at radius 1 is 0.921 bits per heavy atom. The van der Waals surface area contributed by atoms with Crippen molar-refractivity contribution in [3.8, 4) is 22.0 Å². The number of likely N-dealkylation sites (N-methyl/N-ethyl adjacent to an activating group) is 2. The highest BCUT2D eigenvalue weighted by atomic mass is 32.1. The number of hydrogen-bond donors (Lipinski definition) is 1.